The van der Waals surface area contributed by atoms with Crippen LogP contribution in [-0.2, 0) is 43.3 Å². The largest absolute Gasteiger partial charge is 0.374 e. The molecule has 5 aliphatic rings. The van der Waals surface area contributed by atoms with Gasteiger partial charge in [-0.3, -0.25) is 4.79 Å². The van der Waals surface area contributed by atoms with Crippen LogP contribution in [0.15, 0.2) is 65.4 Å². The third kappa shape index (κ3) is 5.99. The van der Waals surface area contributed by atoms with Gasteiger partial charge in [0.1, 0.15) is 0 Å². The number of carbonyl (C=O) groups is 1. The molecule has 5 nitrogen and oxygen atoms in total. The molecule has 5 heteroatoms. The fourth-order valence-electron chi connectivity index (χ4n) is 9.45. The first-order chi connectivity index (χ1) is 25.9. The van der Waals surface area contributed by atoms with Crippen LogP contribution in [0.2, 0.25) is 0 Å². The summed E-state index contributed by atoms with van der Waals surface area (Å²) < 4.78 is 0. The molecule has 2 aromatic carbocycles. The average molecular weight is 705 g/mol. The highest BCUT2D eigenvalue weighted by atomic mass is 16.1. The summed E-state index contributed by atoms with van der Waals surface area (Å²) in [4.78, 5) is 24.8. The molecule has 274 valence electrons. The third-order valence-electron chi connectivity index (χ3n) is 12.0. The first kappa shape index (κ1) is 36.3. The molecule has 0 saturated carbocycles. The second-order valence-corrected chi connectivity index (χ2v) is 14.4. The summed E-state index contributed by atoms with van der Waals surface area (Å²) in [5, 5.41) is 3.89. The number of nitrogens with one attached hydrogen (secondary N) is 4. The van der Waals surface area contributed by atoms with Crippen molar-refractivity contribution in [1.29, 1.82) is 0 Å². The SMILES string of the molecule is CCC1=C(CC)C2N/C1=C(/C=O)c1[nH]c(c(CC)c1CC)-c1ccc(cc1)-c1[nH]c(c(CC)c1CC)/C=C\c1[nH]c(c(CC)c1CC)-c1ccc2cc1. The van der Waals surface area contributed by atoms with Crippen LogP contribution >= 0.6 is 0 Å². The van der Waals surface area contributed by atoms with Crippen molar-refractivity contribution in [3.05, 3.63) is 121 Å². The fourth-order valence-corrected chi connectivity index (χ4v) is 9.45. The Labute approximate surface area is 316 Å². The van der Waals surface area contributed by atoms with Gasteiger partial charge in [-0.25, -0.2) is 0 Å². The number of aldehydes is 1. The van der Waals surface area contributed by atoms with E-state index in [2.05, 4.69) is 136 Å². The molecule has 10 rings (SSSR count). The number of aromatic amines is 3. The van der Waals surface area contributed by atoms with Crippen LogP contribution < -0.4 is 5.32 Å². The molecule has 0 saturated heterocycles. The molecule has 0 fully saturated rings. The highest BCUT2D eigenvalue weighted by Crippen LogP contribution is 2.43. The molecule has 1 unspecified atom stereocenters. The van der Waals surface area contributed by atoms with Crippen LogP contribution in [-0.4, -0.2) is 21.2 Å². The molecule has 4 N–H and O–H groups in total. The molecule has 8 heterocycles. The number of H-pyrrole nitrogens is 3. The molecule has 3 aromatic heterocycles. The van der Waals surface area contributed by atoms with E-state index in [1.807, 2.05) is 0 Å². The lowest BCUT2D eigenvalue weighted by Crippen LogP contribution is -2.17. The van der Waals surface area contributed by atoms with Gasteiger partial charge in [-0.2, -0.15) is 0 Å². The first-order valence-corrected chi connectivity index (χ1v) is 20.2. The Morgan fingerprint density at radius 2 is 0.906 bits per heavy atom. The minimum atomic E-state index is 0.0125. The van der Waals surface area contributed by atoms with E-state index >= 15 is 0 Å². The molecule has 53 heavy (non-hydrogen) atoms. The van der Waals surface area contributed by atoms with E-state index < -0.39 is 0 Å². The minimum Gasteiger partial charge on any atom is -0.374 e. The Morgan fingerprint density at radius 3 is 1.32 bits per heavy atom. The van der Waals surface area contributed by atoms with Crippen LogP contribution in [0.3, 0.4) is 0 Å². The first-order valence-electron chi connectivity index (χ1n) is 20.2. The Hall–Kier alpha value is -5.03. The van der Waals surface area contributed by atoms with Gasteiger partial charge in [-0.05, 0) is 130 Å². The summed E-state index contributed by atoms with van der Waals surface area (Å²) in [6, 6.07) is 18.1. The Kier molecular flexibility index (Phi) is 10.4. The van der Waals surface area contributed by atoms with E-state index in [-0.39, 0.29) is 6.04 Å². The Morgan fingerprint density at radius 1 is 0.491 bits per heavy atom. The summed E-state index contributed by atoms with van der Waals surface area (Å²) in [6.45, 7) is 17.9. The van der Waals surface area contributed by atoms with E-state index in [9.17, 15) is 4.79 Å². The van der Waals surface area contributed by atoms with Crippen molar-refractivity contribution in [2.75, 3.05) is 0 Å². The summed E-state index contributed by atoms with van der Waals surface area (Å²) in [5.74, 6) is 0. The number of allylic oxidation sites excluding steroid dienone is 2. The monoisotopic (exact) mass is 704 g/mol. The van der Waals surface area contributed by atoms with Crippen molar-refractivity contribution >= 4 is 24.0 Å². The molecule has 5 aromatic rings. The van der Waals surface area contributed by atoms with Crippen molar-refractivity contribution < 1.29 is 4.79 Å². The molecule has 0 aliphatic carbocycles. The molecular weight excluding hydrogens is 649 g/mol. The van der Waals surface area contributed by atoms with Gasteiger partial charge < -0.3 is 20.3 Å². The topological polar surface area (TPSA) is 76.5 Å². The van der Waals surface area contributed by atoms with Crippen molar-refractivity contribution in [3.8, 4) is 33.8 Å². The molecule has 12 bridgehead atoms. The summed E-state index contributed by atoms with van der Waals surface area (Å²) >= 11 is 0. The molecule has 0 amide bonds. The zero-order valence-electron chi connectivity index (χ0n) is 33.0. The van der Waals surface area contributed by atoms with Gasteiger partial charge in [0.25, 0.3) is 0 Å². The number of benzene rings is 2. The van der Waals surface area contributed by atoms with E-state index in [1.165, 1.54) is 84.0 Å². The highest BCUT2D eigenvalue weighted by Gasteiger charge is 2.32. The van der Waals surface area contributed by atoms with Gasteiger partial charge >= 0.3 is 0 Å². The van der Waals surface area contributed by atoms with Crippen LogP contribution in [0, 0.1) is 0 Å². The average Bonchev–Trinajstić information content (AvgIpc) is 3.96. The van der Waals surface area contributed by atoms with Crippen molar-refractivity contribution in [2.45, 2.75) is 113 Å². The maximum atomic E-state index is 13.3. The quantitative estimate of drug-likeness (QED) is 0.115. The fraction of sp³-hybridized carbons (Fsp3) is 0.354. The molecule has 1 atom stereocenters. The van der Waals surface area contributed by atoms with E-state index in [4.69, 9.17) is 0 Å². The third-order valence-corrected chi connectivity index (χ3v) is 12.0. The Balaban J connectivity index is 1.50. The maximum absolute atomic E-state index is 13.3. The van der Waals surface area contributed by atoms with Crippen LogP contribution in [0.25, 0.3) is 51.5 Å². The van der Waals surface area contributed by atoms with Gasteiger partial charge in [0.05, 0.1) is 23.0 Å². The van der Waals surface area contributed by atoms with Crippen molar-refractivity contribution in [3.63, 3.8) is 0 Å². The zero-order chi connectivity index (χ0) is 37.4. The van der Waals surface area contributed by atoms with Gasteiger partial charge in [0.15, 0.2) is 6.29 Å². The number of rotatable bonds is 9. The van der Waals surface area contributed by atoms with Gasteiger partial charge in [-0.15, -0.1) is 0 Å². The maximum Gasteiger partial charge on any atom is 0.154 e. The number of hydrogen-bond acceptors (Lipinski definition) is 2. The molecule has 0 spiro atoms. The summed E-state index contributed by atoms with van der Waals surface area (Å²) in [6.07, 6.45) is 13.0. The number of hydrogen-bond donors (Lipinski definition) is 4. The highest BCUT2D eigenvalue weighted by molar-refractivity contribution is 6.10. The summed E-state index contributed by atoms with van der Waals surface area (Å²) in [5.41, 5.74) is 23.9. The van der Waals surface area contributed by atoms with E-state index in [0.29, 0.717) is 0 Å². The predicted molar refractivity (Wildman–Crippen MR) is 224 cm³/mol. The standard InChI is InChI=1S/C48H56N4O/c1-9-32-34(11-3)43-28-17-21-30(22-18-28)45-36(13-5)38(15-7)47(51-45)40(27-53)48-39(16-8)37(14-6)46(52-48)31-23-19-29(20-24-31)44-35(12-4)33(10-2)42(50-44)26-25-41(32)49-43/h17-27,45,49-52H,9-16H2,1-8H3/b26-25-,47-40-. The lowest BCUT2D eigenvalue weighted by Gasteiger charge is -2.17. The van der Waals surface area contributed by atoms with Gasteiger partial charge in [0.2, 0.25) is 0 Å². The van der Waals surface area contributed by atoms with Crippen molar-refractivity contribution in [1.82, 2.24) is 20.3 Å². The van der Waals surface area contributed by atoms with E-state index in [0.717, 1.165) is 85.9 Å². The van der Waals surface area contributed by atoms with Gasteiger partial charge in [0, 0.05) is 28.5 Å². The lowest BCUT2D eigenvalue weighted by molar-refractivity contribution is -0.103. The number of carbonyl (C=O) groups excluding carboxylic acids is 1. The van der Waals surface area contributed by atoms with Crippen LogP contribution in [0.5, 0.6) is 0 Å². The zero-order valence-corrected chi connectivity index (χ0v) is 33.0. The summed E-state index contributed by atoms with van der Waals surface area (Å²) in [7, 11) is 0. The van der Waals surface area contributed by atoms with E-state index in [1.54, 1.807) is 0 Å². The second-order valence-electron chi connectivity index (χ2n) is 14.4. The Bertz CT molecular complexity index is 2240. The second kappa shape index (κ2) is 15.1. The molecule has 5 aliphatic heterocycles. The molecular formula is C48H56N4O. The van der Waals surface area contributed by atoms with Crippen LogP contribution in [0.4, 0.5) is 0 Å². The predicted octanol–water partition coefficient (Wildman–Crippen LogP) is 11.9. The van der Waals surface area contributed by atoms with Crippen molar-refractivity contribution in [2.24, 2.45) is 0 Å². The normalized spacial score (nSPS) is 17.2. The van der Waals surface area contributed by atoms with Crippen LogP contribution in [0.1, 0.15) is 130 Å². The number of aromatic nitrogens is 3. The minimum absolute atomic E-state index is 0.0125. The molecule has 0 radical (unpaired) electrons. The van der Waals surface area contributed by atoms with Gasteiger partial charge in [-0.1, -0.05) is 104 Å². The lowest BCUT2D eigenvalue weighted by atomic mass is 9.92. The smallest absolute Gasteiger partial charge is 0.154 e.